The van der Waals surface area contributed by atoms with Crippen molar-refractivity contribution in [2.24, 2.45) is 5.92 Å². The number of halogens is 1. The third-order valence-corrected chi connectivity index (χ3v) is 4.61. The van der Waals surface area contributed by atoms with Gasteiger partial charge in [-0.2, -0.15) is 0 Å². The summed E-state index contributed by atoms with van der Waals surface area (Å²) in [5, 5.41) is 5.19. The molecule has 30 heavy (non-hydrogen) atoms. The van der Waals surface area contributed by atoms with Crippen LogP contribution < -0.4 is 10.6 Å². The van der Waals surface area contributed by atoms with E-state index in [1.165, 1.54) is 6.92 Å². The Morgan fingerprint density at radius 3 is 2.23 bits per heavy atom. The Morgan fingerprint density at radius 1 is 0.967 bits per heavy atom. The van der Waals surface area contributed by atoms with Crippen molar-refractivity contribution in [2.75, 3.05) is 11.9 Å². The summed E-state index contributed by atoms with van der Waals surface area (Å²) in [5.41, 5.74) is 1.31. The van der Waals surface area contributed by atoms with Gasteiger partial charge in [-0.25, -0.2) is 0 Å². The van der Waals surface area contributed by atoms with Crippen LogP contribution >= 0.6 is 15.9 Å². The lowest BCUT2D eigenvalue weighted by atomic mass is 10.1. The second kappa shape index (κ2) is 10.7. The van der Waals surface area contributed by atoms with Crippen molar-refractivity contribution in [3.05, 3.63) is 64.1 Å². The number of hydrogen-bond acceptors (Lipinski definition) is 5. The summed E-state index contributed by atoms with van der Waals surface area (Å²) >= 11 is 3.27. The monoisotopic (exact) mass is 474 g/mol. The van der Waals surface area contributed by atoms with E-state index < -0.39 is 18.0 Å². The Kier molecular flexibility index (Phi) is 8.29. The van der Waals surface area contributed by atoms with Crippen LogP contribution in [0, 0.1) is 5.92 Å². The molecule has 1 unspecified atom stereocenters. The molecule has 2 amide bonds. The van der Waals surface area contributed by atoms with Gasteiger partial charge in [0.2, 0.25) is 11.7 Å². The van der Waals surface area contributed by atoms with Crippen molar-refractivity contribution in [1.82, 2.24) is 5.32 Å². The second-order valence-electron chi connectivity index (χ2n) is 6.91. The van der Waals surface area contributed by atoms with Crippen LogP contribution in [0.25, 0.3) is 0 Å². The van der Waals surface area contributed by atoms with Crippen LogP contribution in [0.5, 0.6) is 0 Å². The molecule has 0 bridgehead atoms. The number of nitrogens with one attached hydrogen (secondary N) is 2. The Hall–Kier alpha value is -3.00. The SMILES string of the molecule is CC(C)C(=O)Nc1ccc(C(=O)C(C)OC(=O)CNC(=O)c2cccc(Br)c2)cc1. The van der Waals surface area contributed by atoms with Crippen LogP contribution in [-0.2, 0) is 14.3 Å². The highest BCUT2D eigenvalue weighted by molar-refractivity contribution is 9.10. The van der Waals surface area contributed by atoms with Crippen molar-refractivity contribution in [3.8, 4) is 0 Å². The number of ether oxygens (including phenoxy) is 1. The first-order valence-corrected chi connectivity index (χ1v) is 10.1. The van der Waals surface area contributed by atoms with Crippen molar-refractivity contribution < 1.29 is 23.9 Å². The normalized spacial score (nSPS) is 11.5. The van der Waals surface area contributed by atoms with Crippen molar-refractivity contribution in [1.29, 1.82) is 0 Å². The molecule has 0 aliphatic heterocycles. The number of rotatable bonds is 8. The molecule has 1 atom stereocenters. The number of esters is 1. The Morgan fingerprint density at radius 2 is 1.63 bits per heavy atom. The fourth-order valence-electron chi connectivity index (χ4n) is 2.42. The zero-order chi connectivity index (χ0) is 22.3. The Bertz CT molecular complexity index is 941. The van der Waals surface area contributed by atoms with Gasteiger partial charge in [-0.1, -0.05) is 35.8 Å². The molecule has 0 saturated carbocycles. The van der Waals surface area contributed by atoms with E-state index in [1.54, 1.807) is 62.4 Å². The van der Waals surface area contributed by atoms with E-state index in [4.69, 9.17) is 4.74 Å². The van der Waals surface area contributed by atoms with Gasteiger partial charge in [-0.05, 0) is 49.4 Å². The van der Waals surface area contributed by atoms with Crippen molar-refractivity contribution in [2.45, 2.75) is 26.9 Å². The number of anilines is 1. The molecule has 0 saturated heterocycles. The van der Waals surface area contributed by atoms with Crippen LogP contribution in [0.3, 0.4) is 0 Å². The lowest BCUT2D eigenvalue weighted by Gasteiger charge is -2.13. The number of amides is 2. The molecule has 0 aliphatic carbocycles. The third-order valence-electron chi connectivity index (χ3n) is 4.12. The summed E-state index contributed by atoms with van der Waals surface area (Å²) in [6.07, 6.45) is -1.02. The molecule has 2 N–H and O–H groups in total. The van der Waals surface area contributed by atoms with E-state index in [0.717, 1.165) is 4.47 Å². The molecule has 0 aromatic heterocycles. The van der Waals surface area contributed by atoms with Crippen molar-refractivity contribution in [3.63, 3.8) is 0 Å². The zero-order valence-corrected chi connectivity index (χ0v) is 18.5. The van der Waals surface area contributed by atoms with E-state index >= 15 is 0 Å². The topological polar surface area (TPSA) is 102 Å². The second-order valence-corrected chi connectivity index (χ2v) is 7.83. The standard InChI is InChI=1S/C22H23BrN2O5/c1-13(2)21(28)25-18-9-7-15(8-10-18)20(27)14(3)30-19(26)12-24-22(29)16-5-4-6-17(23)11-16/h4-11,13-14H,12H2,1-3H3,(H,24,29)(H,25,28). The van der Waals surface area contributed by atoms with Crippen LogP contribution in [0.4, 0.5) is 5.69 Å². The first-order chi connectivity index (χ1) is 14.2. The summed E-state index contributed by atoms with van der Waals surface area (Å²) in [5.74, 6) is -1.81. The van der Waals surface area contributed by atoms with Gasteiger partial charge in [0.05, 0.1) is 0 Å². The summed E-state index contributed by atoms with van der Waals surface area (Å²) in [6.45, 7) is 4.67. The van der Waals surface area contributed by atoms with Gasteiger partial charge >= 0.3 is 5.97 Å². The molecule has 0 fully saturated rings. The number of Topliss-reactive ketones (excluding diaryl/α,β-unsaturated/α-hetero) is 1. The van der Waals surface area contributed by atoms with Gasteiger partial charge in [0, 0.05) is 27.2 Å². The first-order valence-electron chi connectivity index (χ1n) is 9.35. The van der Waals surface area contributed by atoms with Crippen LogP contribution in [-0.4, -0.2) is 36.2 Å². The summed E-state index contributed by atoms with van der Waals surface area (Å²) in [6, 6.07) is 13.1. The van der Waals surface area contributed by atoms with E-state index in [-0.39, 0.29) is 24.2 Å². The maximum Gasteiger partial charge on any atom is 0.326 e. The smallest absolute Gasteiger partial charge is 0.326 e. The molecule has 7 nitrogen and oxygen atoms in total. The largest absolute Gasteiger partial charge is 0.453 e. The maximum atomic E-state index is 12.5. The fourth-order valence-corrected chi connectivity index (χ4v) is 2.81. The number of hydrogen-bond donors (Lipinski definition) is 2. The lowest BCUT2D eigenvalue weighted by molar-refractivity contribution is -0.145. The average Bonchev–Trinajstić information content (AvgIpc) is 2.71. The van der Waals surface area contributed by atoms with Gasteiger partial charge in [0.15, 0.2) is 6.10 Å². The summed E-state index contributed by atoms with van der Waals surface area (Å²) in [7, 11) is 0. The van der Waals surface area contributed by atoms with Crippen LogP contribution in [0.15, 0.2) is 53.0 Å². The minimum atomic E-state index is -1.02. The number of benzene rings is 2. The van der Waals surface area contributed by atoms with Crippen LogP contribution in [0.1, 0.15) is 41.5 Å². The molecule has 0 radical (unpaired) electrons. The molecule has 158 valence electrons. The third kappa shape index (κ3) is 6.81. The fraction of sp³-hybridized carbons (Fsp3) is 0.273. The number of ketones is 1. The molecular formula is C22H23BrN2O5. The van der Waals surface area contributed by atoms with E-state index in [1.807, 2.05) is 0 Å². The quantitative estimate of drug-likeness (QED) is 0.449. The predicted molar refractivity (Wildman–Crippen MR) is 116 cm³/mol. The number of carbonyl (C=O) groups excluding carboxylic acids is 4. The van der Waals surface area contributed by atoms with Gasteiger partial charge in [0.25, 0.3) is 5.91 Å². The minimum absolute atomic E-state index is 0.124. The highest BCUT2D eigenvalue weighted by Gasteiger charge is 2.20. The highest BCUT2D eigenvalue weighted by atomic mass is 79.9. The molecule has 8 heteroatoms. The Labute approximate surface area is 183 Å². The Balaban J connectivity index is 1.86. The van der Waals surface area contributed by atoms with Gasteiger partial charge in [0.1, 0.15) is 6.54 Å². The van der Waals surface area contributed by atoms with E-state index in [9.17, 15) is 19.2 Å². The maximum absolute atomic E-state index is 12.5. The van der Waals surface area contributed by atoms with Gasteiger partial charge in [-0.3, -0.25) is 19.2 Å². The molecule has 0 heterocycles. The zero-order valence-electron chi connectivity index (χ0n) is 16.9. The molecule has 2 aromatic rings. The predicted octanol–water partition coefficient (Wildman–Crippen LogP) is 3.59. The van der Waals surface area contributed by atoms with Crippen molar-refractivity contribution >= 4 is 45.2 Å². The van der Waals surface area contributed by atoms with E-state index in [0.29, 0.717) is 16.8 Å². The van der Waals surface area contributed by atoms with Gasteiger partial charge in [-0.15, -0.1) is 0 Å². The van der Waals surface area contributed by atoms with E-state index in [2.05, 4.69) is 26.6 Å². The van der Waals surface area contributed by atoms with Crippen LogP contribution in [0.2, 0.25) is 0 Å². The molecule has 0 spiro atoms. The molecular weight excluding hydrogens is 452 g/mol. The minimum Gasteiger partial charge on any atom is -0.453 e. The highest BCUT2D eigenvalue weighted by Crippen LogP contribution is 2.14. The molecule has 2 rings (SSSR count). The molecule has 2 aromatic carbocycles. The first kappa shape index (κ1) is 23.3. The lowest BCUT2D eigenvalue weighted by Crippen LogP contribution is -2.34. The summed E-state index contributed by atoms with van der Waals surface area (Å²) < 4.78 is 5.86. The average molecular weight is 475 g/mol. The molecule has 0 aliphatic rings. The number of carbonyl (C=O) groups is 4. The van der Waals surface area contributed by atoms with Gasteiger partial charge < -0.3 is 15.4 Å². The summed E-state index contributed by atoms with van der Waals surface area (Å²) in [4.78, 5) is 48.2.